The van der Waals surface area contributed by atoms with E-state index >= 15 is 0 Å². The minimum atomic E-state index is -4.26. The quantitative estimate of drug-likeness (QED) is 0.0283. The summed E-state index contributed by atoms with van der Waals surface area (Å²) in [4.78, 5) is 22.8. The Labute approximate surface area is 355 Å². The molecular weight excluding hydrogens is 734 g/mol. The summed E-state index contributed by atoms with van der Waals surface area (Å²) in [5.41, 5.74) is 0. The highest BCUT2D eigenvalue weighted by Gasteiger charge is 2.26. The normalized spacial score (nSPS) is 13.6. The molecule has 0 spiro atoms. The van der Waals surface area contributed by atoms with Gasteiger partial charge in [0.05, 0.1) is 34.4 Å². The highest BCUT2D eigenvalue weighted by atomic mass is 31.2. The number of nitrogens with zero attached hydrogens (tertiary/aromatic N) is 1. The molecule has 2 unspecified atom stereocenters. The SMILES string of the molecule is CCCCCCCCCCCCCCCCCCCCCCCCCCCOCC(COP(=O)(O)OCC[N+](C)(C)C)OC(=O)CCCCCCCCCCCC. The van der Waals surface area contributed by atoms with Crippen LogP contribution in [0.5, 0.6) is 0 Å². The molecule has 0 saturated carbocycles. The monoisotopic (exact) mass is 833 g/mol. The first-order valence-corrected chi connectivity index (χ1v) is 26.3. The van der Waals surface area contributed by atoms with Crippen molar-refractivity contribution in [1.29, 1.82) is 0 Å². The van der Waals surface area contributed by atoms with Gasteiger partial charge in [-0.2, -0.15) is 0 Å². The Kier molecular flexibility index (Phi) is 41.8. The van der Waals surface area contributed by atoms with E-state index in [1.54, 1.807) is 0 Å². The molecule has 0 aliphatic rings. The zero-order chi connectivity index (χ0) is 42.0. The molecule has 0 bridgehead atoms. The number of hydrogen-bond acceptors (Lipinski definition) is 6. The van der Waals surface area contributed by atoms with Crippen LogP contribution in [0.15, 0.2) is 0 Å². The van der Waals surface area contributed by atoms with E-state index in [0.717, 1.165) is 32.1 Å². The number of likely N-dealkylation sites (N-methyl/N-ethyl adjacent to an activating group) is 1. The molecule has 342 valence electrons. The highest BCUT2D eigenvalue weighted by Crippen LogP contribution is 2.43. The maximum atomic E-state index is 12.7. The smallest absolute Gasteiger partial charge is 0.457 e. The Balaban J connectivity index is 3.95. The molecule has 0 aromatic carbocycles. The molecule has 0 aliphatic heterocycles. The number of unbranched alkanes of at least 4 members (excludes halogenated alkanes) is 33. The average Bonchev–Trinajstić information content (AvgIpc) is 3.16. The third-order valence-electron chi connectivity index (χ3n) is 11.2. The Bertz CT molecular complexity index is 883. The summed E-state index contributed by atoms with van der Waals surface area (Å²) in [7, 11) is 1.69. The van der Waals surface area contributed by atoms with Gasteiger partial charge in [-0.05, 0) is 12.8 Å². The lowest BCUT2D eigenvalue weighted by molar-refractivity contribution is -0.870. The number of phosphoric ester groups is 1. The zero-order valence-electron chi connectivity index (χ0n) is 38.9. The third kappa shape index (κ3) is 46.4. The van der Waals surface area contributed by atoms with Gasteiger partial charge < -0.3 is 18.9 Å². The van der Waals surface area contributed by atoms with Crippen LogP contribution in [0, 0.1) is 0 Å². The fraction of sp³-hybridized carbons (Fsp3) is 0.979. The van der Waals surface area contributed by atoms with E-state index in [0.29, 0.717) is 24.1 Å². The van der Waals surface area contributed by atoms with Crippen molar-refractivity contribution < 1.29 is 37.3 Å². The Morgan fingerprint density at radius 1 is 0.474 bits per heavy atom. The molecule has 9 heteroatoms. The van der Waals surface area contributed by atoms with Crippen molar-refractivity contribution in [2.24, 2.45) is 0 Å². The highest BCUT2D eigenvalue weighted by molar-refractivity contribution is 7.47. The van der Waals surface area contributed by atoms with Gasteiger partial charge in [-0.25, -0.2) is 4.57 Å². The van der Waals surface area contributed by atoms with Gasteiger partial charge in [0, 0.05) is 13.0 Å². The lowest BCUT2D eigenvalue weighted by Gasteiger charge is -2.24. The summed E-state index contributed by atoms with van der Waals surface area (Å²) < 4.78 is 35.0. The van der Waals surface area contributed by atoms with Crippen LogP contribution in [0.2, 0.25) is 0 Å². The minimum absolute atomic E-state index is 0.0938. The number of ether oxygens (including phenoxy) is 2. The minimum Gasteiger partial charge on any atom is -0.457 e. The number of quaternary nitrogens is 1. The van der Waals surface area contributed by atoms with E-state index in [4.69, 9.17) is 18.5 Å². The van der Waals surface area contributed by atoms with Crippen molar-refractivity contribution in [3.05, 3.63) is 0 Å². The lowest BCUT2D eigenvalue weighted by atomic mass is 10.0. The van der Waals surface area contributed by atoms with Gasteiger partial charge in [0.15, 0.2) is 0 Å². The number of esters is 1. The number of phosphoric acid groups is 1. The van der Waals surface area contributed by atoms with Gasteiger partial charge in [-0.3, -0.25) is 13.8 Å². The molecule has 0 aliphatic carbocycles. The molecule has 0 aromatic heterocycles. The molecule has 0 radical (unpaired) electrons. The molecule has 57 heavy (non-hydrogen) atoms. The number of carbonyl (C=O) groups excluding carboxylic acids is 1. The predicted octanol–water partition coefficient (Wildman–Crippen LogP) is 14.8. The molecule has 0 saturated heterocycles. The summed E-state index contributed by atoms with van der Waals surface area (Å²) in [6, 6.07) is 0. The average molecular weight is 833 g/mol. The molecule has 0 heterocycles. The van der Waals surface area contributed by atoms with Crippen molar-refractivity contribution in [2.45, 2.75) is 251 Å². The molecule has 1 N–H and O–H groups in total. The van der Waals surface area contributed by atoms with Gasteiger partial charge in [-0.1, -0.05) is 226 Å². The van der Waals surface area contributed by atoms with Gasteiger partial charge >= 0.3 is 13.8 Å². The zero-order valence-corrected chi connectivity index (χ0v) is 39.8. The Morgan fingerprint density at radius 2 is 0.807 bits per heavy atom. The third-order valence-corrected chi connectivity index (χ3v) is 12.2. The van der Waals surface area contributed by atoms with Gasteiger partial charge in [0.25, 0.3) is 0 Å². The number of rotatable bonds is 47. The standard InChI is InChI=1S/C48H98NO7P/c1-6-8-10-12-14-16-18-19-20-21-22-23-24-25-26-27-28-29-30-31-32-34-36-38-40-43-53-45-47(46-55-57(51,52)54-44-42-49(3,4)5)56-48(50)41-39-37-35-33-17-15-13-11-9-7-2/h47H,6-46H2,1-5H3/p+1. The molecule has 2 atom stereocenters. The topological polar surface area (TPSA) is 91.3 Å². The maximum Gasteiger partial charge on any atom is 0.472 e. The van der Waals surface area contributed by atoms with E-state index in [1.807, 2.05) is 21.1 Å². The van der Waals surface area contributed by atoms with Crippen molar-refractivity contribution in [3.8, 4) is 0 Å². The second-order valence-electron chi connectivity index (χ2n) is 18.2. The van der Waals surface area contributed by atoms with Crippen LogP contribution < -0.4 is 0 Å². The summed E-state index contributed by atoms with van der Waals surface area (Å²) in [6.07, 6.45) is 45.9. The maximum absolute atomic E-state index is 12.7. The molecule has 0 amide bonds. The first kappa shape index (κ1) is 56.5. The van der Waals surface area contributed by atoms with Crippen LogP contribution in [0.1, 0.15) is 245 Å². The van der Waals surface area contributed by atoms with Crippen LogP contribution in [0.25, 0.3) is 0 Å². The Hall–Kier alpha value is -0.500. The number of hydrogen-bond donors (Lipinski definition) is 1. The van der Waals surface area contributed by atoms with Crippen molar-refractivity contribution in [3.63, 3.8) is 0 Å². The van der Waals surface area contributed by atoms with Crippen LogP contribution >= 0.6 is 7.82 Å². The molecular formula is C48H99NO7P+. The lowest BCUT2D eigenvalue weighted by Crippen LogP contribution is -2.37. The molecule has 0 fully saturated rings. The van der Waals surface area contributed by atoms with E-state index in [9.17, 15) is 14.3 Å². The second kappa shape index (κ2) is 42.2. The second-order valence-corrected chi connectivity index (χ2v) is 19.7. The van der Waals surface area contributed by atoms with Gasteiger partial charge in [-0.15, -0.1) is 0 Å². The summed E-state index contributed by atoms with van der Waals surface area (Å²) in [5, 5.41) is 0. The van der Waals surface area contributed by atoms with Crippen molar-refractivity contribution in [2.75, 3.05) is 54.1 Å². The summed E-state index contributed by atoms with van der Waals surface area (Å²) in [5.74, 6) is -0.310. The molecule has 0 rings (SSSR count). The van der Waals surface area contributed by atoms with Crippen LogP contribution in [-0.2, 0) is 27.9 Å². The summed E-state index contributed by atoms with van der Waals surface area (Å²) in [6.45, 7) is 5.67. The van der Waals surface area contributed by atoms with Crippen molar-refractivity contribution in [1.82, 2.24) is 0 Å². The largest absolute Gasteiger partial charge is 0.472 e. The van der Waals surface area contributed by atoms with Crippen LogP contribution in [0.4, 0.5) is 0 Å². The van der Waals surface area contributed by atoms with Crippen molar-refractivity contribution >= 4 is 13.8 Å². The Morgan fingerprint density at radius 3 is 1.16 bits per heavy atom. The fourth-order valence-electron chi connectivity index (χ4n) is 7.32. The molecule has 8 nitrogen and oxygen atoms in total. The van der Waals surface area contributed by atoms with E-state index in [2.05, 4.69) is 13.8 Å². The van der Waals surface area contributed by atoms with Crippen LogP contribution in [0.3, 0.4) is 0 Å². The van der Waals surface area contributed by atoms with Gasteiger partial charge in [0.1, 0.15) is 19.3 Å². The first-order valence-electron chi connectivity index (χ1n) is 24.8. The number of carbonyl (C=O) groups is 1. The summed E-state index contributed by atoms with van der Waals surface area (Å²) >= 11 is 0. The van der Waals surface area contributed by atoms with Crippen LogP contribution in [-0.4, -0.2) is 75.6 Å². The fourth-order valence-corrected chi connectivity index (χ4v) is 8.06. The van der Waals surface area contributed by atoms with E-state index < -0.39 is 13.9 Å². The molecule has 0 aromatic rings. The predicted molar refractivity (Wildman–Crippen MR) is 243 cm³/mol. The van der Waals surface area contributed by atoms with E-state index in [1.165, 1.54) is 193 Å². The first-order chi connectivity index (χ1) is 27.6. The van der Waals surface area contributed by atoms with Gasteiger partial charge in [0.2, 0.25) is 0 Å². The van der Waals surface area contributed by atoms with E-state index in [-0.39, 0.29) is 25.8 Å².